The van der Waals surface area contributed by atoms with E-state index in [2.05, 4.69) is 0 Å². The number of rotatable bonds is 4. The molecule has 94 valence electrons. The normalized spacial score (nSPS) is 16.9. The van der Waals surface area contributed by atoms with E-state index in [0.717, 1.165) is 0 Å². The molecule has 0 fully saturated rings. The second-order valence-corrected chi connectivity index (χ2v) is 6.47. The highest BCUT2D eigenvalue weighted by Gasteiger charge is 2.42. The SMILES string of the molecule is CC(C)(CC(C)(C)N1C(=O)C=CC1=O)C(=O)I. The summed E-state index contributed by atoms with van der Waals surface area (Å²) in [5, 5.41) is 0. The number of amides is 2. The molecular formula is C12H16INO3. The first kappa shape index (κ1) is 14.3. The number of imide groups is 1. The van der Waals surface area contributed by atoms with Crippen LogP contribution in [0, 0.1) is 5.41 Å². The Bertz CT molecular complexity index is 392. The van der Waals surface area contributed by atoms with Crippen LogP contribution in [0.1, 0.15) is 34.1 Å². The molecule has 1 aliphatic heterocycles. The molecule has 4 nitrogen and oxygen atoms in total. The van der Waals surface area contributed by atoms with Gasteiger partial charge in [0.05, 0.1) is 0 Å². The van der Waals surface area contributed by atoms with Gasteiger partial charge in [-0.25, -0.2) is 0 Å². The van der Waals surface area contributed by atoms with Gasteiger partial charge in [-0.3, -0.25) is 19.3 Å². The van der Waals surface area contributed by atoms with Gasteiger partial charge in [-0.15, -0.1) is 0 Å². The van der Waals surface area contributed by atoms with E-state index in [4.69, 9.17) is 0 Å². The summed E-state index contributed by atoms with van der Waals surface area (Å²) < 4.78 is 0.0234. The lowest BCUT2D eigenvalue weighted by molar-refractivity contribution is -0.144. The topological polar surface area (TPSA) is 54.5 Å². The third-order valence-corrected chi connectivity index (χ3v) is 4.28. The van der Waals surface area contributed by atoms with Crippen molar-refractivity contribution in [2.75, 3.05) is 0 Å². The Balaban J connectivity index is 2.93. The van der Waals surface area contributed by atoms with Gasteiger partial charge in [-0.2, -0.15) is 0 Å². The summed E-state index contributed by atoms with van der Waals surface area (Å²) in [5.74, 6) is -0.617. The van der Waals surface area contributed by atoms with Crippen LogP contribution in [-0.2, 0) is 14.4 Å². The molecule has 0 bridgehead atoms. The second kappa shape index (κ2) is 4.51. The standard InChI is InChI=1S/C12H16INO3/c1-11(2,10(13)17)7-12(3,4)14-8(15)5-6-9(14)16/h5-6H,7H2,1-4H3. The first-order chi connectivity index (χ1) is 7.58. The Labute approximate surface area is 115 Å². The first-order valence-corrected chi connectivity index (χ1v) is 6.42. The predicted octanol–water partition coefficient (Wildman–Crippen LogP) is 2.07. The molecule has 0 radical (unpaired) electrons. The monoisotopic (exact) mass is 349 g/mol. The number of nitrogens with zero attached hydrogens (tertiary/aromatic N) is 1. The minimum atomic E-state index is -0.665. The summed E-state index contributed by atoms with van der Waals surface area (Å²) in [7, 11) is 0. The summed E-state index contributed by atoms with van der Waals surface area (Å²) in [6.07, 6.45) is 2.98. The van der Waals surface area contributed by atoms with Crippen molar-refractivity contribution in [1.29, 1.82) is 0 Å². The highest BCUT2D eigenvalue weighted by atomic mass is 127. The van der Waals surface area contributed by atoms with Gasteiger partial charge < -0.3 is 0 Å². The summed E-state index contributed by atoms with van der Waals surface area (Å²) in [4.78, 5) is 36.0. The molecule has 0 atom stereocenters. The molecule has 0 aromatic rings. The van der Waals surface area contributed by atoms with Crippen LogP contribution in [0.25, 0.3) is 0 Å². The highest BCUT2D eigenvalue weighted by molar-refractivity contribution is 14.1. The molecule has 0 spiro atoms. The lowest BCUT2D eigenvalue weighted by Gasteiger charge is -2.38. The van der Waals surface area contributed by atoms with Crippen LogP contribution in [0.5, 0.6) is 0 Å². The van der Waals surface area contributed by atoms with Crippen molar-refractivity contribution < 1.29 is 14.4 Å². The average molecular weight is 349 g/mol. The number of carbonyl (C=O) groups is 3. The molecule has 0 saturated carbocycles. The van der Waals surface area contributed by atoms with Gasteiger partial charge in [0.2, 0.25) is 0 Å². The number of carbonyl (C=O) groups excluding carboxylic acids is 3. The zero-order chi connectivity index (χ0) is 13.4. The van der Waals surface area contributed by atoms with Gasteiger partial charge in [-0.05, 0) is 20.3 Å². The molecule has 2 amide bonds. The van der Waals surface area contributed by atoms with E-state index in [1.807, 2.05) is 13.8 Å². The summed E-state index contributed by atoms with van der Waals surface area (Å²) >= 11 is 1.76. The minimum Gasteiger partial charge on any atom is -0.287 e. The van der Waals surface area contributed by atoms with Crippen molar-refractivity contribution in [1.82, 2.24) is 4.90 Å². The molecule has 0 aliphatic carbocycles. The molecule has 1 heterocycles. The molecule has 0 saturated heterocycles. The molecule has 1 aliphatic rings. The molecule has 5 heteroatoms. The lowest BCUT2D eigenvalue weighted by Crippen LogP contribution is -2.50. The Morgan fingerprint density at radius 3 is 1.94 bits per heavy atom. The highest BCUT2D eigenvalue weighted by Crippen LogP contribution is 2.35. The Hall–Kier alpha value is -0.720. The van der Waals surface area contributed by atoms with Crippen LogP contribution in [0.4, 0.5) is 0 Å². The summed E-state index contributed by atoms with van der Waals surface area (Å²) in [6, 6.07) is 0. The minimum absolute atomic E-state index is 0.0234. The fraction of sp³-hybridized carbons (Fsp3) is 0.583. The van der Waals surface area contributed by atoms with Crippen molar-refractivity contribution in [3.8, 4) is 0 Å². The van der Waals surface area contributed by atoms with E-state index in [1.54, 1.807) is 36.4 Å². The van der Waals surface area contributed by atoms with E-state index in [-0.39, 0.29) is 15.6 Å². The zero-order valence-corrected chi connectivity index (χ0v) is 12.6. The van der Waals surface area contributed by atoms with Crippen LogP contribution in [-0.4, -0.2) is 26.0 Å². The maximum atomic E-state index is 11.6. The smallest absolute Gasteiger partial charge is 0.254 e. The Morgan fingerprint density at radius 1 is 1.18 bits per heavy atom. The second-order valence-electron chi connectivity index (χ2n) is 5.49. The van der Waals surface area contributed by atoms with Crippen molar-refractivity contribution in [3.63, 3.8) is 0 Å². The first-order valence-electron chi connectivity index (χ1n) is 5.34. The van der Waals surface area contributed by atoms with E-state index in [0.29, 0.717) is 6.42 Å². The van der Waals surface area contributed by atoms with Crippen LogP contribution in [0.15, 0.2) is 12.2 Å². The number of hydrogen-bond donors (Lipinski definition) is 0. The van der Waals surface area contributed by atoms with Gasteiger partial charge in [0.25, 0.3) is 11.8 Å². The maximum absolute atomic E-state index is 11.6. The van der Waals surface area contributed by atoms with Crippen molar-refractivity contribution in [2.45, 2.75) is 39.7 Å². The largest absolute Gasteiger partial charge is 0.287 e. The fourth-order valence-corrected chi connectivity index (χ4v) is 2.42. The summed E-state index contributed by atoms with van der Waals surface area (Å²) in [6.45, 7) is 7.25. The van der Waals surface area contributed by atoms with E-state index in [9.17, 15) is 14.4 Å². The Morgan fingerprint density at radius 2 is 1.59 bits per heavy atom. The predicted molar refractivity (Wildman–Crippen MR) is 72.5 cm³/mol. The van der Waals surface area contributed by atoms with Crippen LogP contribution in [0.3, 0.4) is 0 Å². The molecule has 0 N–H and O–H groups in total. The van der Waals surface area contributed by atoms with Crippen molar-refractivity contribution in [2.24, 2.45) is 5.41 Å². The molecule has 17 heavy (non-hydrogen) atoms. The van der Waals surface area contributed by atoms with Crippen molar-refractivity contribution >= 4 is 38.2 Å². The number of hydrogen-bond acceptors (Lipinski definition) is 3. The van der Waals surface area contributed by atoms with Crippen LogP contribution in [0.2, 0.25) is 0 Å². The van der Waals surface area contributed by atoms with Crippen LogP contribution >= 0.6 is 22.6 Å². The van der Waals surface area contributed by atoms with Gasteiger partial charge in [-0.1, -0.05) is 13.8 Å². The van der Waals surface area contributed by atoms with Gasteiger partial charge in [0.15, 0.2) is 3.79 Å². The maximum Gasteiger partial charge on any atom is 0.254 e. The number of halogens is 1. The van der Waals surface area contributed by atoms with E-state index < -0.39 is 11.0 Å². The van der Waals surface area contributed by atoms with E-state index >= 15 is 0 Å². The zero-order valence-electron chi connectivity index (χ0n) is 10.4. The molecule has 1 rings (SSSR count). The average Bonchev–Trinajstić information content (AvgIpc) is 2.44. The molecule has 0 aromatic heterocycles. The molecule has 0 unspecified atom stereocenters. The van der Waals surface area contributed by atoms with Crippen LogP contribution < -0.4 is 0 Å². The van der Waals surface area contributed by atoms with Crippen molar-refractivity contribution in [3.05, 3.63) is 12.2 Å². The third-order valence-electron chi connectivity index (χ3n) is 2.82. The third kappa shape index (κ3) is 2.94. The van der Waals surface area contributed by atoms with E-state index in [1.165, 1.54) is 17.1 Å². The van der Waals surface area contributed by atoms with Gasteiger partial charge in [0.1, 0.15) is 0 Å². The lowest BCUT2D eigenvalue weighted by atomic mass is 9.80. The fourth-order valence-electron chi connectivity index (χ4n) is 2.23. The van der Waals surface area contributed by atoms with Gasteiger partial charge >= 0.3 is 0 Å². The van der Waals surface area contributed by atoms with Gasteiger partial charge in [0, 0.05) is 45.7 Å². The molecular weight excluding hydrogens is 333 g/mol. The summed E-state index contributed by atoms with van der Waals surface area (Å²) in [5.41, 5.74) is -1.23. The quantitative estimate of drug-likeness (QED) is 0.444. The Kier molecular flexibility index (Phi) is 3.81. The molecule has 0 aromatic carbocycles.